The van der Waals surface area contributed by atoms with Crippen LogP contribution in [0.5, 0.6) is 11.5 Å². The smallest absolute Gasteiger partial charge is 0.338 e. The fourth-order valence-electron chi connectivity index (χ4n) is 4.65. The Labute approximate surface area is 296 Å². The fraction of sp³-hybridized carbons (Fsp3) is 0.286. The van der Waals surface area contributed by atoms with Gasteiger partial charge in [0.1, 0.15) is 23.7 Å². The average Bonchev–Trinajstić information content (AvgIpc) is 3.14. The summed E-state index contributed by atoms with van der Waals surface area (Å²) >= 11 is 2.79. The molecular formula is C35H36N2O11S2. The maximum atomic E-state index is 12.9. The van der Waals surface area contributed by atoms with Crippen LogP contribution in [0, 0.1) is 20.2 Å². The van der Waals surface area contributed by atoms with E-state index in [0.29, 0.717) is 28.6 Å². The van der Waals surface area contributed by atoms with E-state index in [9.17, 15) is 35.2 Å². The zero-order valence-electron chi connectivity index (χ0n) is 27.2. The van der Waals surface area contributed by atoms with E-state index in [1.807, 2.05) is 48.5 Å². The SMILES string of the molecule is COc1ccc(CSC(OC[C@@H](O)[C@@H](CCO)OC(=O)c2ccc([N+](=O)[O-])cc2)(SCc2ccc(OC)cc2)c2ccc([N+](=O)[O-])cc2)cc1. The Balaban J connectivity index is 1.64. The van der Waals surface area contributed by atoms with Crippen LogP contribution in [0.15, 0.2) is 97.1 Å². The van der Waals surface area contributed by atoms with Crippen molar-refractivity contribution >= 4 is 40.9 Å². The van der Waals surface area contributed by atoms with E-state index in [4.69, 9.17) is 18.9 Å². The third-order valence-electron chi connectivity index (χ3n) is 7.47. The van der Waals surface area contributed by atoms with Gasteiger partial charge in [-0.3, -0.25) is 20.2 Å². The number of carbonyl (C=O) groups is 1. The minimum atomic E-state index is -1.41. The number of carbonyl (C=O) groups excluding carboxylic acids is 1. The van der Waals surface area contributed by atoms with E-state index in [0.717, 1.165) is 23.3 Å². The molecule has 4 aromatic rings. The Hall–Kier alpha value is -4.67. The average molecular weight is 725 g/mol. The Bertz CT molecular complexity index is 1650. The maximum Gasteiger partial charge on any atom is 0.338 e. The molecule has 4 rings (SSSR count). The van der Waals surface area contributed by atoms with Gasteiger partial charge in [0.2, 0.25) is 0 Å². The van der Waals surface area contributed by atoms with Gasteiger partial charge in [0.05, 0.1) is 36.2 Å². The third-order valence-corrected chi connectivity index (χ3v) is 10.6. The van der Waals surface area contributed by atoms with E-state index >= 15 is 0 Å². The highest BCUT2D eigenvalue weighted by Gasteiger charge is 2.37. The quantitative estimate of drug-likeness (QED) is 0.0464. The van der Waals surface area contributed by atoms with E-state index in [1.54, 1.807) is 26.4 Å². The van der Waals surface area contributed by atoms with Crippen LogP contribution in [0.2, 0.25) is 0 Å². The van der Waals surface area contributed by atoms with Gasteiger partial charge in [0, 0.05) is 54.4 Å². The second-order valence-electron chi connectivity index (χ2n) is 10.8. The van der Waals surface area contributed by atoms with Crippen molar-refractivity contribution in [2.45, 2.75) is 34.4 Å². The molecule has 4 aromatic carbocycles. The van der Waals surface area contributed by atoms with Gasteiger partial charge in [-0.15, -0.1) is 23.5 Å². The maximum absolute atomic E-state index is 12.9. The number of benzene rings is 4. The summed E-state index contributed by atoms with van der Waals surface area (Å²) in [5, 5.41) is 43.6. The van der Waals surface area contributed by atoms with Gasteiger partial charge in [0.25, 0.3) is 11.4 Å². The number of nitro groups is 2. The summed E-state index contributed by atoms with van der Waals surface area (Å²) in [6.07, 6.45) is -2.73. The minimum Gasteiger partial charge on any atom is -0.497 e. The molecule has 0 heterocycles. The summed E-state index contributed by atoms with van der Waals surface area (Å²) in [6, 6.07) is 25.7. The lowest BCUT2D eigenvalue weighted by atomic mass is 10.1. The van der Waals surface area contributed by atoms with Gasteiger partial charge in [-0.1, -0.05) is 24.3 Å². The van der Waals surface area contributed by atoms with Crippen molar-refractivity contribution < 1.29 is 43.8 Å². The Morgan fingerprint density at radius 2 is 1.22 bits per heavy atom. The molecular weight excluding hydrogens is 689 g/mol. The fourth-order valence-corrected chi connectivity index (χ4v) is 7.34. The second-order valence-corrected chi connectivity index (χ2v) is 13.3. The first-order chi connectivity index (χ1) is 24.1. The number of aliphatic hydroxyl groups is 2. The zero-order chi connectivity index (χ0) is 36.1. The van der Waals surface area contributed by atoms with Crippen molar-refractivity contribution in [1.29, 1.82) is 0 Å². The molecule has 0 aliphatic carbocycles. The van der Waals surface area contributed by atoms with E-state index < -0.39 is 38.9 Å². The molecule has 0 saturated carbocycles. The monoisotopic (exact) mass is 724 g/mol. The number of nitrogens with zero attached hydrogens (tertiary/aromatic N) is 2. The third kappa shape index (κ3) is 10.4. The predicted octanol–water partition coefficient (Wildman–Crippen LogP) is 6.48. The van der Waals surface area contributed by atoms with E-state index in [-0.39, 0.29) is 30.0 Å². The normalized spacial score (nSPS) is 12.5. The number of ether oxygens (including phenoxy) is 4. The van der Waals surface area contributed by atoms with Crippen molar-refractivity contribution in [2.75, 3.05) is 27.4 Å². The molecule has 0 bridgehead atoms. The zero-order valence-corrected chi connectivity index (χ0v) is 28.8. The van der Waals surface area contributed by atoms with Crippen molar-refractivity contribution in [3.8, 4) is 11.5 Å². The number of aliphatic hydroxyl groups excluding tert-OH is 2. The number of hydrogen-bond acceptors (Lipinski definition) is 13. The molecule has 0 aliphatic rings. The molecule has 0 fully saturated rings. The number of non-ortho nitro benzene ring substituents is 2. The minimum absolute atomic E-state index is 0.0250. The summed E-state index contributed by atoms with van der Waals surface area (Å²) in [5.74, 6) is 1.39. The van der Waals surface area contributed by atoms with Crippen molar-refractivity contribution in [1.82, 2.24) is 0 Å². The van der Waals surface area contributed by atoms with Crippen LogP contribution in [0.1, 0.15) is 33.5 Å². The van der Waals surface area contributed by atoms with Crippen LogP contribution in [0.3, 0.4) is 0 Å². The predicted molar refractivity (Wildman–Crippen MR) is 189 cm³/mol. The van der Waals surface area contributed by atoms with Crippen LogP contribution in [-0.4, -0.2) is 65.7 Å². The van der Waals surface area contributed by atoms with E-state index in [2.05, 4.69) is 0 Å². The molecule has 264 valence electrons. The highest BCUT2D eigenvalue weighted by atomic mass is 32.2. The molecule has 2 atom stereocenters. The Morgan fingerprint density at radius 1 is 0.760 bits per heavy atom. The number of nitro benzene ring substituents is 2. The lowest BCUT2D eigenvalue weighted by molar-refractivity contribution is -0.385. The van der Waals surface area contributed by atoms with Crippen LogP contribution >= 0.6 is 23.5 Å². The van der Waals surface area contributed by atoms with Gasteiger partial charge in [-0.2, -0.15) is 0 Å². The summed E-state index contributed by atoms with van der Waals surface area (Å²) in [5.41, 5.74) is 2.16. The number of methoxy groups -OCH3 is 2. The van der Waals surface area contributed by atoms with Crippen molar-refractivity contribution in [2.24, 2.45) is 0 Å². The topological polar surface area (TPSA) is 181 Å². The lowest BCUT2D eigenvalue weighted by Crippen LogP contribution is -2.38. The van der Waals surface area contributed by atoms with Crippen molar-refractivity contribution in [3.63, 3.8) is 0 Å². The Kier molecular flexibility index (Phi) is 14.0. The Morgan fingerprint density at radius 3 is 1.64 bits per heavy atom. The van der Waals surface area contributed by atoms with Crippen LogP contribution in [0.25, 0.3) is 0 Å². The summed E-state index contributed by atoms with van der Waals surface area (Å²) < 4.78 is 21.4. The van der Waals surface area contributed by atoms with E-state index in [1.165, 1.54) is 47.8 Å². The highest BCUT2D eigenvalue weighted by molar-refractivity contribution is 8.16. The number of hydrogen-bond donors (Lipinski definition) is 2. The largest absolute Gasteiger partial charge is 0.497 e. The summed E-state index contributed by atoms with van der Waals surface area (Å²) in [6.45, 7) is -0.776. The number of thioether (sulfide) groups is 2. The molecule has 0 aromatic heterocycles. The molecule has 0 spiro atoms. The summed E-state index contributed by atoms with van der Waals surface area (Å²) in [7, 11) is 3.15. The van der Waals surface area contributed by atoms with Crippen LogP contribution in [0.4, 0.5) is 11.4 Å². The first-order valence-electron chi connectivity index (χ1n) is 15.2. The molecule has 0 unspecified atom stereocenters. The molecule has 0 amide bonds. The molecule has 0 saturated heterocycles. The molecule has 0 radical (unpaired) electrons. The van der Waals surface area contributed by atoms with Gasteiger partial charge >= 0.3 is 5.97 Å². The lowest BCUT2D eigenvalue weighted by Gasteiger charge is -2.35. The standard InChI is InChI=1S/C35H36N2O11S2/c1-45-30-15-3-24(4-16-30)22-49-35(27-9-13-29(14-10-27)37(43)44,50-23-25-5-17-31(46-2)18-6-25)47-21-32(39)33(19-20-38)48-34(40)26-7-11-28(12-8-26)36(41)42/h3-18,32-33,38-39H,19-23H2,1-2H3/t32-,33-/m1/s1. The molecule has 50 heavy (non-hydrogen) atoms. The molecule has 2 N–H and O–H groups in total. The number of esters is 1. The first-order valence-corrected chi connectivity index (χ1v) is 17.2. The van der Waals surface area contributed by atoms with Crippen LogP contribution in [-0.2, 0) is 25.2 Å². The van der Waals surface area contributed by atoms with Gasteiger partial charge in [0.15, 0.2) is 4.27 Å². The molecule has 15 heteroatoms. The first kappa shape index (κ1) is 38.1. The second kappa shape index (κ2) is 18.4. The van der Waals surface area contributed by atoms with Gasteiger partial charge < -0.3 is 29.2 Å². The van der Waals surface area contributed by atoms with Crippen molar-refractivity contribution in [3.05, 3.63) is 140 Å². The van der Waals surface area contributed by atoms with Crippen LogP contribution < -0.4 is 9.47 Å². The molecule has 0 aliphatic heterocycles. The summed E-state index contributed by atoms with van der Waals surface area (Å²) in [4.78, 5) is 34.3. The highest BCUT2D eigenvalue weighted by Crippen LogP contribution is 2.51. The molecule has 13 nitrogen and oxygen atoms in total. The number of rotatable bonds is 19. The van der Waals surface area contributed by atoms with Gasteiger partial charge in [-0.05, 0) is 59.7 Å². The van der Waals surface area contributed by atoms with Gasteiger partial charge in [-0.25, -0.2) is 4.79 Å².